The molecule has 0 atom stereocenters. The third-order valence-electron chi connectivity index (χ3n) is 4.55. The van der Waals surface area contributed by atoms with E-state index in [1.54, 1.807) is 0 Å². The number of carbonyl (C=O) groups is 1. The third-order valence-corrected chi connectivity index (χ3v) is 7.12. The van der Waals surface area contributed by atoms with Gasteiger partial charge in [0.15, 0.2) is 9.84 Å². The first-order valence-electron chi connectivity index (χ1n) is 7.95. The Balaban J connectivity index is 2.62. The molecule has 0 aromatic carbocycles. The highest BCUT2D eigenvalue weighted by molar-refractivity contribution is 7.93. The second-order valence-corrected chi connectivity index (χ2v) is 9.64. The van der Waals surface area contributed by atoms with Gasteiger partial charge >= 0.3 is 6.18 Å². The second kappa shape index (κ2) is 7.40. The minimum atomic E-state index is -4.39. The van der Waals surface area contributed by atoms with Crippen molar-refractivity contribution in [3.8, 4) is 0 Å². The highest BCUT2D eigenvalue weighted by atomic mass is 32.2. The number of carbonyl (C=O) groups excluding carboxylic acids is 1. The summed E-state index contributed by atoms with van der Waals surface area (Å²) in [5.74, 6) is -0.666. The molecule has 4 nitrogen and oxygen atoms in total. The highest BCUT2D eigenvalue weighted by Crippen LogP contribution is 2.27. The van der Waals surface area contributed by atoms with Gasteiger partial charge in [0.25, 0.3) is 0 Å². The summed E-state index contributed by atoms with van der Waals surface area (Å²) in [6, 6.07) is -0.0525. The Morgan fingerprint density at radius 1 is 1.13 bits per heavy atom. The monoisotopic (exact) mass is 357 g/mol. The van der Waals surface area contributed by atoms with Gasteiger partial charge in [-0.15, -0.1) is 0 Å². The maximum absolute atomic E-state index is 12.3. The van der Waals surface area contributed by atoms with Gasteiger partial charge in [-0.05, 0) is 51.9 Å². The van der Waals surface area contributed by atoms with E-state index in [-0.39, 0.29) is 6.04 Å². The minimum Gasteiger partial charge on any atom is -0.352 e. The number of hydrogen-bond donors (Lipinski definition) is 1. The molecule has 0 aromatic heterocycles. The van der Waals surface area contributed by atoms with Crippen molar-refractivity contribution in [2.45, 2.75) is 76.3 Å². The van der Waals surface area contributed by atoms with Crippen molar-refractivity contribution in [2.24, 2.45) is 5.92 Å². The summed E-state index contributed by atoms with van der Waals surface area (Å²) in [5, 5.41) is 2.75. The smallest absolute Gasteiger partial charge is 0.352 e. The zero-order valence-corrected chi connectivity index (χ0v) is 14.7. The van der Waals surface area contributed by atoms with Gasteiger partial charge in [-0.25, -0.2) is 8.42 Å². The van der Waals surface area contributed by atoms with Crippen LogP contribution in [0.25, 0.3) is 0 Å². The van der Waals surface area contributed by atoms with Crippen LogP contribution in [-0.2, 0) is 14.6 Å². The van der Waals surface area contributed by atoms with Crippen molar-refractivity contribution in [1.82, 2.24) is 5.32 Å². The summed E-state index contributed by atoms with van der Waals surface area (Å²) in [6.45, 7) is 4.65. The fourth-order valence-corrected chi connectivity index (χ4v) is 4.00. The van der Waals surface area contributed by atoms with E-state index in [1.165, 1.54) is 13.8 Å². The number of hydrogen-bond acceptors (Lipinski definition) is 3. The maximum Gasteiger partial charge on any atom is 0.389 e. The van der Waals surface area contributed by atoms with Crippen molar-refractivity contribution in [1.29, 1.82) is 0 Å². The van der Waals surface area contributed by atoms with E-state index in [9.17, 15) is 26.4 Å². The van der Waals surface area contributed by atoms with Crippen LogP contribution in [0.4, 0.5) is 13.2 Å². The van der Waals surface area contributed by atoms with Crippen molar-refractivity contribution >= 4 is 15.7 Å². The van der Waals surface area contributed by atoms with Crippen LogP contribution >= 0.6 is 0 Å². The fourth-order valence-electron chi connectivity index (χ4n) is 2.62. The van der Waals surface area contributed by atoms with E-state index < -0.39 is 45.3 Å². The first kappa shape index (κ1) is 20.3. The SMILES string of the molecule is CC1CCC(NC(=O)C(C)(C)S(=O)(=O)CCCC(F)(F)F)CC1. The molecule has 1 fully saturated rings. The maximum atomic E-state index is 12.3. The van der Waals surface area contributed by atoms with E-state index in [2.05, 4.69) is 12.2 Å². The standard InChI is InChI=1S/C15H26F3NO3S/c1-11-5-7-12(8-6-11)19-13(20)14(2,3)23(21,22)10-4-9-15(16,17)18/h11-12H,4-10H2,1-3H3,(H,19,20). The zero-order chi connectivity index (χ0) is 17.9. The largest absolute Gasteiger partial charge is 0.389 e. The summed E-state index contributed by atoms with van der Waals surface area (Å²) in [6.07, 6.45) is -2.52. The number of nitrogens with one attached hydrogen (secondary N) is 1. The van der Waals surface area contributed by atoms with E-state index >= 15 is 0 Å². The van der Waals surface area contributed by atoms with Crippen LogP contribution < -0.4 is 5.32 Å². The Morgan fingerprint density at radius 2 is 1.65 bits per heavy atom. The summed E-state index contributed by atoms with van der Waals surface area (Å²) in [7, 11) is -3.96. The normalized spacial score (nSPS) is 23.6. The zero-order valence-electron chi connectivity index (χ0n) is 13.9. The van der Waals surface area contributed by atoms with E-state index in [0.29, 0.717) is 5.92 Å². The number of alkyl halides is 3. The molecular formula is C15H26F3NO3S. The summed E-state index contributed by atoms with van der Waals surface area (Å²) in [4.78, 5) is 12.3. The summed E-state index contributed by atoms with van der Waals surface area (Å²) < 4.78 is 59.2. The Hall–Kier alpha value is -0.790. The van der Waals surface area contributed by atoms with Crippen LogP contribution in [0.15, 0.2) is 0 Å². The van der Waals surface area contributed by atoms with Gasteiger partial charge in [0, 0.05) is 12.5 Å². The summed E-state index contributed by atoms with van der Waals surface area (Å²) in [5.41, 5.74) is 0. The Labute approximate surface area is 136 Å². The molecule has 8 heteroatoms. The second-order valence-electron chi connectivity index (χ2n) is 6.98. The quantitative estimate of drug-likeness (QED) is 0.794. The molecule has 0 aliphatic heterocycles. The number of halogens is 3. The van der Waals surface area contributed by atoms with Gasteiger partial charge in [0.1, 0.15) is 4.75 Å². The van der Waals surface area contributed by atoms with Crippen LogP contribution in [0, 0.1) is 5.92 Å². The Morgan fingerprint density at radius 3 is 2.13 bits per heavy atom. The fraction of sp³-hybridized carbons (Fsp3) is 0.933. The Kier molecular flexibility index (Phi) is 6.52. The van der Waals surface area contributed by atoms with E-state index in [1.807, 2.05) is 0 Å². The van der Waals surface area contributed by atoms with E-state index in [4.69, 9.17) is 0 Å². The predicted molar refractivity (Wildman–Crippen MR) is 82.7 cm³/mol. The molecule has 23 heavy (non-hydrogen) atoms. The predicted octanol–water partition coefficient (Wildman–Crippen LogP) is 3.22. The lowest BCUT2D eigenvalue weighted by atomic mass is 9.87. The van der Waals surface area contributed by atoms with Gasteiger partial charge in [-0.3, -0.25) is 4.79 Å². The van der Waals surface area contributed by atoms with Gasteiger partial charge in [-0.2, -0.15) is 13.2 Å². The van der Waals surface area contributed by atoms with E-state index in [0.717, 1.165) is 25.7 Å². The van der Waals surface area contributed by atoms with Crippen LogP contribution in [0.5, 0.6) is 0 Å². The van der Waals surface area contributed by atoms with Gasteiger partial charge in [0.05, 0.1) is 5.75 Å². The molecule has 1 saturated carbocycles. The lowest BCUT2D eigenvalue weighted by Crippen LogP contribution is -2.52. The molecule has 0 radical (unpaired) electrons. The molecule has 0 bridgehead atoms. The number of rotatable bonds is 6. The molecule has 1 amide bonds. The molecule has 0 aromatic rings. The first-order valence-corrected chi connectivity index (χ1v) is 9.60. The summed E-state index contributed by atoms with van der Waals surface area (Å²) >= 11 is 0. The molecule has 0 spiro atoms. The lowest BCUT2D eigenvalue weighted by Gasteiger charge is -2.31. The van der Waals surface area contributed by atoms with Crippen molar-refractivity contribution in [3.05, 3.63) is 0 Å². The highest BCUT2D eigenvalue weighted by Gasteiger charge is 2.42. The van der Waals surface area contributed by atoms with Crippen molar-refractivity contribution in [3.63, 3.8) is 0 Å². The molecular weight excluding hydrogens is 331 g/mol. The molecule has 1 aliphatic carbocycles. The molecule has 136 valence electrons. The Bertz CT molecular complexity index is 507. The average molecular weight is 357 g/mol. The third kappa shape index (κ3) is 5.97. The molecule has 1 rings (SSSR count). The molecule has 1 N–H and O–H groups in total. The van der Waals surface area contributed by atoms with Crippen LogP contribution in [0.3, 0.4) is 0 Å². The van der Waals surface area contributed by atoms with Crippen LogP contribution in [0.2, 0.25) is 0 Å². The van der Waals surface area contributed by atoms with Crippen LogP contribution in [-0.4, -0.2) is 37.0 Å². The molecule has 0 heterocycles. The average Bonchev–Trinajstić information content (AvgIpc) is 2.39. The molecule has 0 saturated heterocycles. The van der Waals surface area contributed by atoms with Gasteiger partial charge in [0.2, 0.25) is 5.91 Å². The topological polar surface area (TPSA) is 63.2 Å². The van der Waals surface area contributed by atoms with Gasteiger partial charge < -0.3 is 5.32 Å². The van der Waals surface area contributed by atoms with Crippen molar-refractivity contribution < 1.29 is 26.4 Å². The van der Waals surface area contributed by atoms with Gasteiger partial charge in [-0.1, -0.05) is 6.92 Å². The van der Waals surface area contributed by atoms with Crippen molar-refractivity contribution in [2.75, 3.05) is 5.75 Å². The molecule has 1 aliphatic rings. The minimum absolute atomic E-state index is 0.0525. The number of sulfone groups is 1. The molecule has 0 unspecified atom stereocenters. The first-order chi connectivity index (χ1) is 10.3. The van der Waals surface area contributed by atoms with Crippen LogP contribution in [0.1, 0.15) is 59.3 Å². The number of amides is 1. The lowest BCUT2D eigenvalue weighted by molar-refractivity contribution is -0.134.